The van der Waals surface area contributed by atoms with Crippen LogP contribution in [0.4, 0.5) is 4.79 Å². The first-order valence-electron chi connectivity index (χ1n) is 6.61. The lowest BCUT2D eigenvalue weighted by Crippen LogP contribution is -2.35. The number of hydrogen-bond acceptors (Lipinski definition) is 3. The summed E-state index contributed by atoms with van der Waals surface area (Å²) in [6.07, 6.45) is -0.611. The number of halogens is 1. The lowest BCUT2D eigenvalue weighted by atomic mass is 9.96. The molecule has 0 saturated carbocycles. The number of carbonyl (C=O) groups excluding carboxylic acids is 1. The number of benzene rings is 1. The number of aliphatic carboxylic acids is 1. The van der Waals surface area contributed by atoms with E-state index in [-0.39, 0.29) is 18.9 Å². The van der Waals surface area contributed by atoms with Crippen LogP contribution in [0.2, 0.25) is 0 Å². The normalized spacial score (nSPS) is 12.6. The monoisotopic (exact) mass is 357 g/mol. The fourth-order valence-corrected chi connectivity index (χ4v) is 2.22. The van der Waals surface area contributed by atoms with Gasteiger partial charge < -0.3 is 15.2 Å². The standard InChI is InChI=1S/C15H20BrNO4/c1-15(2,3)21-14(20)17-9-11(8-13(18)19)10-5-4-6-12(16)7-10/h4-7,11H,8-9H2,1-3H3,(H,17,20)(H,18,19). The van der Waals surface area contributed by atoms with Gasteiger partial charge in [-0.05, 0) is 38.5 Å². The lowest BCUT2D eigenvalue weighted by molar-refractivity contribution is -0.137. The van der Waals surface area contributed by atoms with E-state index in [1.54, 1.807) is 20.8 Å². The van der Waals surface area contributed by atoms with Crippen LogP contribution in [-0.4, -0.2) is 29.3 Å². The van der Waals surface area contributed by atoms with E-state index in [0.717, 1.165) is 10.0 Å². The molecule has 0 saturated heterocycles. The van der Waals surface area contributed by atoms with Gasteiger partial charge in [-0.15, -0.1) is 0 Å². The molecule has 1 aromatic carbocycles. The van der Waals surface area contributed by atoms with Crippen molar-refractivity contribution < 1.29 is 19.4 Å². The number of hydrogen-bond donors (Lipinski definition) is 2. The van der Waals surface area contributed by atoms with E-state index in [2.05, 4.69) is 21.2 Å². The molecule has 0 radical (unpaired) electrons. The van der Waals surface area contributed by atoms with Crippen molar-refractivity contribution in [3.8, 4) is 0 Å². The third kappa shape index (κ3) is 7.13. The maximum absolute atomic E-state index is 11.7. The average molecular weight is 358 g/mol. The Morgan fingerprint density at radius 2 is 2.05 bits per heavy atom. The Kier molecular flexibility index (Phi) is 6.20. The van der Waals surface area contributed by atoms with Crippen molar-refractivity contribution in [1.29, 1.82) is 0 Å². The second-order valence-corrected chi connectivity index (χ2v) is 6.65. The van der Waals surface area contributed by atoms with Crippen LogP contribution in [0.15, 0.2) is 28.7 Å². The van der Waals surface area contributed by atoms with Crippen molar-refractivity contribution in [1.82, 2.24) is 5.32 Å². The van der Waals surface area contributed by atoms with Crippen LogP contribution < -0.4 is 5.32 Å². The van der Waals surface area contributed by atoms with Crippen LogP contribution in [0.5, 0.6) is 0 Å². The summed E-state index contributed by atoms with van der Waals surface area (Å²) >= 11 is 3.36. The predicted molar refractivity (Wildman–Crippen MR) is 83.4 cm³/mol. The topological polar surface area (TPSA) is 75.6 Å². The lowest BCUT2D eigenvalue weighted by Gasteiger charge is -2.21. The summed E-state index contributed by atoms with van der Waals surface area (Å²) in [7, 11) is 0. The highest BCUT2D eigenvalue weighted by molar-refractivity contribution is 9.10. The van der Waals surface area contributed by atoms with Crippen molar-refractivity contribution in [2.24, 2.45) is 0 Å². The van der Waals surface area contributed by atoms with Crippen molar-refractivity contribution >= 4 is 28.0 Å². The maximum Gasteiger partial charge on any atom is 0.407 e. The van der Waals surface area contributed by atoms with E-state index in [0.29, 0.717) is 0 Å². The Morgan fingerprint density at radius 3 is 2.57 bits per heavy atom. The first kappa shape index (κ1) is 17.5. The van der Waals surface area contributed by atoms with Crippen molar-refractivity contribution in [2.45, 2.75) is 38.7 Å². The Bertz CT molecular complexity index is 511. The molecule has 0 spiro atoms. The van der Waals surface area contributed by atoms with Crippen molar-refractivity contribution in [3.63, 3.8) is 0 Å². The Balaban J connectivity index is 2.71. The molecular weight excluding hydrogens is 338 g/mol. The van der Waals surface area contributed by atoms with Crippen LogP contribution in [0.25, 0.3) is 0 Å². The van der Waals surface area contributed by atoms with Crippen molar-refractivity contribution in [3.05, 3.63) is 34.3 Å². The van der Waals surface area contributed by atoms with Gasteiger partial charge in [0.2, 0.25) is 0 Å². The summed E-state index contributed by atoms with van der Waals surface area (Å²) in [5.74, 6) is -1.22. The second-order valence-electron chi connectivity index (χ2n) is 5.73. The number of alkyl carbamates (subject to hydrolysis) is 1. The van der Waals surface area contributed by atoms with Gasteiger partial charge in [0.1, 0.15) is 5.60 Å². The van der Waals surface area contributed by atoms with Gasteiger partial charge in [0, 0.05) is 16.9 Å². The molecule has 0 heterocycles. The minimum atomic E-state index is -0.911. The molecule has 1 aromatic rings. The summed E-state index contributed by atoms with van der Waals surface area (Å²) in [4.78, 5) is 22.6. The molecule has 6 heteroatoms. The highest BCUT2D eigenvalue weighted by atomic mass is 79.9. The molecular formula is C15H20BrNO4. The zero-order valence-electron chi connectivity index (χ0n) is 12.4. The molecule has 116 valence electrons. The number of rotatable bonds is 5. The Hall–Kier alpha value is -1.56. The fraction of sp³-hybridized carbons (Fsp3) is 0.467. The van der Waals surface area contributed by atoms with E-state index >= 15 is 0 Å². The van der Waals surface area contributed by atoms with Gasteiger partial charge in [-0.1, -0.05) is 28.1 Å². The Labute approximate surface area is 132 Å². The first-order chi connectivity index (χ1) is 9.67. The molecule has 0 aliphatic carbocycles. The predicted octanol–water partition coefficient (Wildman–Crippen LogP) is 3.53. The molecule has 0 aliphatic rings. The van der Waals surface area contributed by atoms with Crippen LogP contribution in [0.3, 0.4) is 0 Å². The van der Waals surface area contributed by atoms with Crippen LogP contribution in [0, 0.1) is 0 Å². The third-order valence-electron chi connectivity index (χ3n) is 2.63. The highest BCUT2D eigenvalue weighted by Crippen LogP contribution is 2.22. The van der Waals surface area contributed by atoms with Gasteiger partial charge in [-0.25, -0.2) is 4.79 Å². The Morgan fingerprint density at radius 1 is 1.38 bits per heavy atom. The molecule has 0 aliphatic heterocycles. The first-order valence-corrected chi connectivity index (χ1v) is 7.41. The molecule has 5 nitrogen and oxygen atoms in total. The molecule has 1 rings (SSSR count). The highest BCUT2D eigenvalue weighted by Gasteiger charge is 2.20. The number of carbonyl (C=O) groups is 2. The summed E-state index contributed by atoms with van der Waals surface area (Å²) in [6, 6.07) is 7.39. The number of ether oxygens (including phenoxy) is 1. The number of carboxylic acids is 1. The van der Waals surface area contributed by atoms with Gasteiger partial charge in [0.05, 0.1) is 6.42 Å². The third-order valence-corrected chi connectivity index (χ3v) is 3.13. The van der Waals surface area contributed by atoms with E-state index < -0.39 is 17.7 Å². The van der Waals surface area contributed by atoms with E-state index in [1.165, 1.54) is 0 Å². The molecule has 21 heavy (non-hydrogen) atoms. The average Bonchev–Trinajstić information content (AvgIpc) is 2.31. The summed E-state index contributed by atoms with van der Waals surface area (Å²) in [6.45, 7) is 5.53. The SMILES string of the molecule is CC(C)(C)OC(=O)NCC(CC(=O)O)c1cccc(Br)c1. The van der Waals surface area contributed by atoms with Crippen LogP contribution in [-0.2, 0) is 9.53 Å². The largest absolute Gasteiger partial charge is 0.481 e. The van der Waals surface area contributed by atoms with Gasteiger partial charge in [-0.2, -0.15) is 0 Å². The minimum absolute atomic E-state index is 0.0632. The molecule has 1 amide bonds. The molecule has 0 aromatic heterocycles. The number of carboxylic acid groups (broad SMARTS) is 1. The summed E-state index contributed by atoms with van der Waals surface area (Å²) < 4.78 is 6.01. The molecule has 0 bridgehead atoms. The van der Waals surface area contributed by atoms with Gasteiger partial charge >= 0.3 is 12.1 Å². The maximum atomic E-state index is 11.7. The number of amides is 1. The summed E-state index contributed by atoms with van der Waals surface area (Å²) in [5, 5.41) is 11.6. The van der Waals surface area contributed by atoms with Crippen LogP contribution in [0.1, 0.15) is 38.7 Å². The zero-order valence-corrected chi connectivity index (χ0v) is 13.9. The zero-order chi connectivity index (χ0) is 16.0. The molecule has 2 N–H and O–H groups in total. The summed E-state index contributed by atoms with van der Waals surface area (Å²) in [5.41, 5.74) is 0.269. The molecule has 0 fully saturated rings. The van der Waals surface area contributed by atoms with E-state index in [1.807, 2.05) is 24.3 Å². The van der Waals surface area contributed by atoms with Crippen LogP contribution >= 0.6 is 15.9 Å². The second kappa shape index (κ2) is 7.45. The molecule has 1 atom stereocenters. The van der Waals surface area contributed by atoms with Gasteiger partial charge in [0.25, 0.3) is 0 Å². The van der Waals surface area contributed by atoms with E-state index in [4.69, 9.17) is 9.84 Å². The fourth-order valence-electron chi connectivity index (χ4n) is 1.80. The minimum Gasteiger partial charge on any atom is -0.481 e. The smallest absolute Gasteiger partial charge is 0.407 e. The molecule has 1 unspecified atom stereocenters. The van der Waals surface area contributed by atoms with Gasteiger partial charge in [0.15, 0.2) is 0 Å². The number of nitrogens with one attached hydrogen (secondary N) is 1. The van der Waals surface area contributed by atoms with Gasteiger partial charge in [-0.3, -0.25) is 4.79 Å². The van der Waals surface area contributed by atoms with E-state index in [9.17, 15) is 9.59 Å². The quantitative estimate of drug-likeness (QED) is 0.844. The van der Waals surface area contributed by atoms with Crippen molar-refractivity contribution in [2.75, 3.05) is 6.54 Å².